The molecule has 0 amide bonds. The molecule has 1 aromatic heterocycles. The van der Waals surface area contributed by atoms with Crippen LogP contribution in [0.3, 0.4) is 0 Å². The van der Waals surface area contributed by atoms with Gasteiger partial charge in [-0.15, -0.1) is 0 Å². The molecule has 2 rings (SSSR count). The molecule has 0 radical (unpaired) electrons. The van der Waals surface area contributed by atoms with E-state index in [-0.39, 0.29) is 6.04 Å². The minimum Gasteiger partial charge on any atom is -0.444 e. The van der Waals surface area contributed by atoms with Gasteiger partial charge in [0.05, 0.1) is 23.9 Å². The molecule has 0 saturated heterocycles. The maximum atomic E-state index is 9.00. The van der Waals surface area contributed by atoms with Crippen molar-refractivity contribution < 1.29 is 4.42 Å². The quantitative estimate of drug-likeness (QED) is 0.894. The van der Waals surface area contributed by atoms with E-state index in [2.05, 4.69) is 16.4 Å². The third-order valence-corrected chi connectivity index (χ3v) is 2.75. The van der Waals surface area contributed by atoms with Gasteiger partial charge in [-0.3, -0.25) is 0 Å². The minimum absolute atomic E-state index is 0.0189. The van der Waals surface area contributed by atoms with Crippen molar-refractivity contribution in [3.63, 3.8) is 0 Å². The summed E-state index contributed by atoms with van der Waals surface area (Å²) in [6.07, 6.45) is 1.71. The van der Waals surface area contributed by atoms with Crippen molar-refractivity contribution in [1.82, 2.24) is 10.3 Å². The number of hydrogen-bond donors (Lipinski definition) is 1. The number of nitrogens with zero attached hydrogens (tertiary/aromatic N) is 2. The molecular formula is C14H15N3O. The predicted octanol–water partition coefficient (Wildman–Crippen LogP) is 2.71. The highest BCUT2D eigenvalue weighted by Gasteiger charge is 2.11. The Balaban J connectivity index is 2.02. The van der Waals surface area contributed by atoms with Crippen LogP contribution in [0.25, 0.3) is 0 Å². The summed E-state index contributed by atoms with van der Waals surface area (Å²) in [6, 6.07) is 9.76. The SMILES string of the molecule is Cc1cnc(C(C)NCc2ccccc2C#N)o1. The van der Waals surface area contributed by atoms with Gasteiger partial charge in [-0.2, -0.15) is 5.26 Å². The summed E-state index contributed by atoms with van der Waals surface area (Å²) in [5.41, 5.74) is 1.68. The Kier molecular flexibility index (Phi) is 3.75. The molecule has 0 saturated carbocycles. The summed E-state index contributed by atoms with van der Waals surface area (Å²) >= 11 is 0. The highest BCUT2D eigenvalue weighted by Crippen LogP contribution is 2.14. The number of aromatic nitrogens is 1. The monoisotopic (exact) mass is 241 g/mol. The first-order valence-corrected chi connectivity index (χ1v) is 5.84. The molecule has 92 valence electrons. The molecule has 1 aromatic carbocycles. The summed E-state index contributed by atoms with van der Waals surface area (Å²) in [5, 5.41) is 12.3. The van der Waals surface area contributed by atoms with Gasteiger partial charge >= 0.3 is 0 Å². The fraction of sp³-hybridized carbons (Fsp3) is 0.286. The van der Waals surface area contributed by atoms with Gasteiger partial charge in [0.2, 0.25) is 5.89 Å². The number of aryl methyl sites for hydroxylation is 1. The number of nitrogens with one attached hydrogen (secondary N) is 1. The average Bonchev–Trinajstić information content (AvgIpc) is 2.83. The summed E-state index contributed by atoms with van der Waals surface area (Å²) < 4.78 is 5.45. The van der Waals surface area contributed by atoms with E-state index in [9.17, 15) is 0 Å². The predicted molar refractivity (Wildman–Crippen MR) is 67.7 cm³/mol. The molecule has 0 spiro atoms. The first kappa shape index (κ1) is 12.3. The van der Waals surface area contributed by atoms with Gasteiger partial charge in [0.1, 0.15) is 5.76 Å². The molecular weight excluding hydrogens is 226 g/mol. The van der Waals surface area contributed by atoms with Crippen molar-refractivity contribution >= 4 is 0 Å². The smallest absolute Gasteiger partial charge is 0.211 e. The Morgan fingerprint density at radius 1 is 1.44 bits per heavy atom. The van der Waals surface area contributed by atoms with Crippen molar-refractivity contribution in [1.29, 1.82) is 5.26 Å². The summed E-state index contributed by atoms with van der Waals surface area (Å²) in [5.74, 6) is 1.47. The molecule has 1 unspecified atom stereocenters. The van der Waals surface area contributed by atoms with Gasteiger partial charge < -0.3 is 9.73 Å². The first-order valence-electron chi connectivity index (χ1n) is 5.84. The summed E-state index contributed by atoms with van der Waals surface area (Å²) in [7, 11) is 0. The second-order valence-electron chi connectivity index (χ2n) is 4.18. The third-order valence-electron chi connectivity index (χ3n) is 2.75. The normalized spacial score (nSPS) is 12.1. The van der Waals surface area contributed by atoms with E-state index in [0.717, 1.165) is 11.3 Å². The second-order valence-corrected chi connectivity index (χ2v) is 4.18. The van der Waals surface area contributed by atoms with E-state index in [1.54, 1.807) is 6.20 Å². The molecule has 0 bridgehead atoms. The lowest BCUT2D eigenvalue weighted by Gasteiger charge is -2.11. The van der Waals surface area contributed by atoms with Gasteiger partial charge in [0.15, 0.2) is 0 Å². The Morgan fingerprint density at radius 2 is 2.22 bits per heavy atom. The number of nitriles is 1. The zero-order valence-electron chi connectivity index (χ0n) is 10.5. The van der Waals surface area contributed by atoms with Crippen LogP contribution in [-0.4, -0.2) is 4.98 Å². The lowest BCUT2D eigenvalue weighted by atomic mass is 10.1. The highest BCUT2D eigenvalue weighted by molar-refractivity contribution is 5.37. The first-order chi connectivity index (χ1) is 8.70. The van der Waals surface area contributed by atoms with Crippen LogP contribution in [0.5, 0.6) is 0 Å². The van der Waals surface area contributed by atoms with E-state index in [0.29, 0.717) is 18.0 Å². The van der Waals surface area contributed by atoms with Crippen molar-refractivity contribution in [2.45, 2.75) is 26.4 Å². The largest absolute Gasteiger partial charge is 0.444 e. The third kappa shape index (κ3) is 2.76. The molecule has 1 N–H and O–H groups in total. The fourth-order valence-electron chi connectivity index (χ4n) is 1.71. The van der Waals surface area contributed by atoms with Crippen LogP contribution in [0.4, 0.5) is 0 Å². The van der Waals surface area contributed by atoms with Crippen LogP contribution in [0.1, 0.15) is 35.7 Å². The minimum atomic E-state index is 0.0189. The second kappa shape index (κ2) is 5.48. The lowest BCUT2D eigenvalue weighted by molar-refractivity contribution is 0.402. The molecule has 1 heterocycles. The van der Waals surface area contributed by atoms with Gasteiger partial charge in [-0.25, -0.2) is 4.98 Å². The fourth-order valence-corrected chi connectivity index (χ4v) is 1.71. The molecule has 0 aliphatic carbocycles. The summed E-state index contributed by atoms with van der Waals surface area (Å²) in [6.45, 7) is 4.47. The number of benzene rings is 1. The molecule has 4 heteroatoms. The Labute approximate surface area is 106 Å². The zero-order chi connectivity index (χ0) is 13.0. The van der Waals surface area contributed by atoms with Crippen LogP contribution in [-0.2, 0) is 6.54 Å². The topological polar surface area (TPSA) is 61.9 Å². The standard InChI is InChI=1S/C14H15N3O/c1-10-8-17-14(18-10)11(2)16-9-13-6-4-3-5-12(13)7-15/h3-6,8,11,16H,9H2,1-2H3. The molecule has 0 aliphatic rings. The maximum Gasteiger partial charge on any atom is 0.211 e. The Bertz CT molecular complexity index is 568. The van der Waals surface area contributed by atoms with Crippen LogP contribution in [0.2, 0.25) is 0 Å². The zero-order valence-corrected chi connectivity index (χ0v) is 10.5. The van der Waals surface area contributed by atoms with Crippen molar-refractivity contribution in [3.8, 4) is 6.07 Å². The molecule has 18 heavy (non-hydrogen) atoms. The number of oxazole rings is 1. The van der Waals surface area contributed by atoms with E-state index in [1.807, 2.05) is 38.1 Å². The van der Waals surface area contributed by atoms with E-state index >= 15 is 0 Å². The highest BCUT2D eigenvalue weighted by atomic mass is 16.4. The van der Waals surface area contributed by atoms with Crippen LogP contribution in [0.15, 0.2) is 34.9 Å². The molecule has 2 aromatic rings. The number of rotatable bonds is 4. The Morgan fingerprint density at radius 3 is 2.89 bits per heavy atom. The lowest BCUT2D eigenvalue weighted by Crippen LogP contribution is -2.18. The van der Waals surface area contributed by atoms with Crippen molar-refractivity contribution in [2.24, 2.45) is 0 Å². The maximum absolute atomic E-state index is 9.00. The van der Waals surface area contributed by atoms with E-state index in [1.165, 1.54) is 0 Å². The van der Waals surface area contributed by atoms with E-state index < -0.39 is 0 Å². The van der Waals surface area contributed by atoms with Gasteiger partial charge in [0, 0.05) is 6.54 Å². The molecule has 1 atom stereocenters. The Hall–Kier alpha value is -2.12. The van der Waals surface area contributed by atoms with E-state index in [4.69, 9.17) is 9.68 Å². The molecule has 4 nitrogen and oxygen atoms in total. The van der Waals surface area contributed by atoms with Crippen LogP contribution in [0, 0.1) is 18.3 Å². The van der Waals surface area contributed by atoms with Gasteiger partial charge in [0.25, 0.3) is 0 Å². The van der Waals surface area contributed by atoms with Crippen LogP contribution < -0.4 is 5.32 Å². The molecule has 0 fully saturated rings. The van der Waals surface area contributed by atoms with Gasteiger partial charge in [-0.1, -0.05) is 18.2 Å². The van der Waals surface area contributed by atoms with Gasteiger partial charge in [-0.05, 0) is 25.5 Å². The van der Waals surface area contributed by atoms with Crippen LogP contribution >= 0.6 is 0 Å². The van der Waals surface area contributed by atoms with Crippen molar-refractivity contribution in [2.75, 3.05) is 0 Å². The molecule has 0 aliphatic heterocycles. The number of hydrogen-bond acceptors (Lipinski definition) is 4. The summed E-state index contributed by atoms with van der Waals surface area (Å²) in [4.78, 5) is 4.18. The van der Waals surface area contributed by atoms with Crippen molar-refractivity contribution in [3.05, 3.63) is 53.2 Å². The average molecular weight is 241 g/mol.